The Balaban J connectivity index is 1.88. The minimum absolute atomic E-state index is 0.441. The zero-order valence-electron chi connectivity index (χ0n) is 11.7. The van der Waals surface area contributed by atoms with Crippen LogP contribution < -0.4 is 10.1 Å². The van der Waals surface area contributed by atoms with Gasteiger partial charge in [-0.3, -0.25) is 0 Å². The summed E-state index contributed by atoms with van der Waals surface area (Å²) in [5, 5.41) is 3.63. The Morgan fingerprint density at radius 3 is 3.11 bits per heavy atom. The van der Waals surface area contributed by atoms with Crippen molar-refractivity contribution in [2.75, 3.05) is 13.2 Å². The monoisotopic (exact) mass is 257 g/mol. The van der Waals surface area contributed by atoms with Crippen molar-refractivity contribution in [3.8, 4) is 18.1 Å². The molecule has 0 amide bonds. The van der Waals surface area contributed by atoms with E-state index in [1.165, 1.54) is 11.1 Å². The highest BCUT2D eigenvalue weighted by Crippen LogP contribution is 2.29. The lowest BCUT2D eigenvalue weighted by atomic mass is 10.0. The smallest absolute Gasteiger partial charge is 0.122 e. The molecule has 0 bridgehead atoms. The molecule has 1 N–H and O–H groups in total. The van der Waals surface area contributed by atoms with Gasteiger partial charge in [0, 0.05) is 18.9 Å². The van der Waals surface area contributed by atoms with Crippen LogP contribution in [0.5, 0.6) is 5.75 Å². The molecule has 1 aliphatic heterocycles. The summed E-state index contributed by atoms with van der Waals surface area (Å²) in [6.07, 6.45) is 10.5. The van der Waals surface area contributed by atoms with Crippen LogP contribution in [-0.4, -0.2) is 13.2 Å². The number of hydrogen-bond acceptors (Lipinski definition) is 2. The average molecular weight is 257 g/mol. The van der Waals surface area contributed by atoms with E-state index in [-0.39, 0.29) is 0 Å². The highest BCUT2D eigenvalue weighted by atomic mass is 16.5. The highest BCUT2D eigenvalue weighted by molar-refractivity contribution is 5.40. The van der Waals surface area contributed by atoms with E-state index in [2.05, 4.69) is 36.4 Å². The largest absolute Gasteiger partial charge is 0.493 e. The van der Waals surface area contributed by atoms with Gasteiger partial charge in [-0.15, -0.1) is 12.3 Å². The van der Waals surface area contributed by atoms with Gasteiger partial charge in [-0.1, -0.05) is 19.1 Å². The number of fused-ring (bicyclic) bond motifs is 1. The summed E-state index contributed by atoms with van der Waals surface area (Å²) >= 11 is 0. The second-order valence-corrected chi connectivity index (χ2v) is 5.04. The fraction of sp³-hybridized carbons (Fsp3) is 0.529. The van der Waals surface area contributed by atoms with Gasteiger partial charge in [0.1, 0.15) is 5.75 Å². The molecule has 1 aromatic carbocycles. The van der Waals surface area contributed by atoms with E-state index in [1.807, 2.05) is 0 Å². The first kappa shape index (κ1) is 14.0. The maximum absolute atomic E-state index is 5.55. The van der Waals surface area contributed by atoms with Crippen molar-refractivity contribution in [1.82, 2.24) is 5.32 Å². The molecule has 1 atom stereocenters. The molecule has 0 aliphatic carbocycles. The van der Waals surface area contributed by atoms with Crippen LogP contribution in [0.4, 0.5) is 0 Å². The molecule has 0 fully saturated rings. The first-order valence-electron chi connectivity index (χ1n) is 7.27. The second kappa shape index (κ2) is 7.21. The molecular formula is C17H23NO. The van der Waals surface area contributed by atoms with Crippen molar-refractivity contribution in [2.45, 2.75) is 45.1 Å². The van der Waals surface area contributed by atoms with Crippen LogP contribution in [0.25, 0.3) is 0 Å². The third-order valence-corrected chi connectivity index (χ3v) is 3.66. The van der Waals surface area contributed by atoms with Crippen LogP contribution in [0.15, 0.2) is 18.2 Å². The Hall–Kier alpha value is -1.46. The van der Waals surface area contributed by atoms with Crippen molar-refractivity contribution in [2.24, 2.45) is 0 Å². The van der Waals surface area contributed by atoms with Gasteiger partial charge in [0.25, 0.3) is 0 Å². The van der Waals surface area contributed by atoms with Crippen LogP contribution in [-0.2, 0) is 6.42 Å². The third-order valence-electron chi connectivity index (χ3n) is 3.66. The molecule has 1 aliphatic rings. The van der Waals surface area contributed by atoms with Crippen molar-refractivity contribution in [3.05, 3.63) is 29.3 Å². The van der Waals surface area contributed by atoms with Crippen molar-refractivity contribution in [1.29, 1.82) is 0 Å². The molecule has 2 rings (SSSR count). The standard InChI is InChI=1S/C17H23NO/c1-3-5-6-7-11-18-16(4-2)14-8-9-17-15(13-14)10-12-19-17/h1,8-9,13,16,18H,4-7,10-12H2,2H3. The van der Waals surface area contributed by atoms with Gasteiger partial charge in [0.15, 0.2) is 0 Å². The summed E-state index contributed by atoms with van der Waals surface area (Å²) in [6.45, 7) is 4.09. The molecule has 0 radical (unpaired) electrons. The maximum atomic E-state index is 5.55. The molecule has 102 valence electrons. The molecule has 1 aromatic rings. The van der Waals surface area contributed by atoms with Crippen molar-refractivity contribution in [3.63, 3.8) is 0 Å². The lowest BCUT2D eigenvalue weighted by molar-refractivity contribution is 0.356. The molecule has 0 saturated heterocycles. The molecule has 2 nitrogen and oxygen atoms in total. The molecule has 19 heavy (non-hydrogen) atoms. The Labute approximate surface area is 116 Å². The predicted molar refractivity (Wildman–Crippen MR) is 79.4 cm³/mol. The lowest BCUT2D eigenvalue weighted by Gasteiger charge is -2.18. The van der Waals surface area contributed by atoms with Gasteiger partial charge in [-0.2, -0.15) is 0 Å². The van der Waals surface area contributed by atoms with E-state index >= 15 is 0 Å². The highest BCUT2D eigenvalue weighted by Gasteiger charge is 2.15. The first-order valence-corrected chi connectivity index (χ1v) is 7.27. The van der Waals surface area contributed by atoms with Gasteiger partial charge in [-0.25, -0.2) is 0 Å². The van der Waals surface area contributed by atoms with Crippen LogP contribution in [0.3, 0.4) is 0 Å². The zero-order valence-corrected chi connectivity index (χ0v) is 11.7. The number of benzene rings is 1. The summed E-state index contributed by atoms with van der Waals surface area (Å²) < 4.78 is 5.55. The third kappa shape index (κ3) is 3.75. The number of terminal acetylenes is 1. The van der Waals surface area contributed by atoms with Crippen molar-refractivity contribution >= 4 is 0 Å². The Bertz CT molecular complexity index is 447. The predicted octanol–water partition coefficient (Wildman–Crippen LogP) is 3.47. The quantitative estimate of drug-likeness (QED) is 0.596. The Kier molecular flexibility index (Phi) is 5.30. The second-order valence-electron chi connectivity index (χ2n) is 5.04. The van der Waals surface area contributed by atoms with E-state index in [1.54, 1.807) is 0 Å². The molecule has 0 saturated carbocycles. The topological polar surface area (TPSA) is 21.3 Å². The van der Waals surface area contributed by atoms with Crippen LogP contribution >= 0.6 is 0 Å². The van der Waals surface area contributed by atoms with Gasteiger partial charge in [0.2, 0.25) is 0 Å². The molecular weight excluding hydrogens is 234 g/mol. The SMILES string of the molecule is C#CCCCCNC(CC)c1ccc2c(c1)CCO2. The minimum Gasteiger partial charge on any atom is -0.493 e. The van der Waals surface area contributed by atoms with Gasteiger partial charge < -0.3 is 10.1 Å². The summed E-state index contributed by atoms with van der Waals surface area (Å²) in [7, 11) is 0. The van der Waals surface area contributed by atoms with Crippen LogP contribution in [0.2, 0.25) is 0 Å². The normalized spacial score (nSPS) is 14.5. The Morgan fingerprint density at radius 2 is 2.32 bits per heavy atom. The maximum Gasteiger partial charge on any atom is 0.122 e. The fourth-order valence-corrected chi connectivity index (χ4v) is 2.55. The van der Waals surface area contributed by atoms with E-state index in [4.69, 9.17) is 11.2 Å². The summed E-state index contributed by atoms with van der Waals surface area (Å²) in [6, 6.07) is 7.04. The number of ether oxygens (including phenoxy) is 1. The number of unbranched alkanes of at least 4 members (excludes halogenated alkanes) is 2. The molecule has 1 heterocycles. The van der Waals surface area contributed by atoms with Gasteiger partial charge >= 0.3 is 0 Å². The van der Waals surface area contributed by atoms with Gasteiger partial charge in [-0.05, 0) is 43.0 Å². The lowest BCUT2D eigenvalue weighted by Crippen LogP contribution is -2.22. The van der Waals surface area contributed by atoms with Crippen LogP contribution in [0.1, 0.15) is 49.8 Å². The Morgan fingerprint density at radius 1 is 1.42 bits per heavy atom. The average Bonchev–Trinajstić information content (AvgIpc) is 2.90. The van der Waals surface area contributed by atoms with E-state index in [0.717, 1.165) is 51.0 Å². The number of rotatable bonds is 7. The van der Waals surface area contributed by atoms with Crippen LogP contribution in [0, 0.1) is 12.3 Å². The van der Waals surface area contributed by atoms with E-state index in [0.29, 0.717) is 6.04 Å². The summed E-state index contributed by atoms with van der Waals surface area (Å²) in [5.74, 6) is 3.75. The molecule has 2 heteroatoms. The molecule has 1 unspecified atom stereocenters. The summed E-state index contributed by atoms with van der Waals surface area (Å²) in [4.78, 5) is 0. The van der Waals surface area contributed by atoms with Gasteiger partial charge in [0.05, 0.1) is 6.61 Å². The van der Waals surface area contributed by atoms with Crippen molar-refractivity contribution < 1.29 is 4.74 Å². The first-order chi connectivity index (χ1) is 9.35. The van der Waals surface area contributed by atoms with E-state index < -0.39 is 0 Å². The zero-order chi connectivity index (χ0) is 13.5. The fourth-order valence-electron chi connectivity index (χ4n) is 2.55. The number of hydrogen-bond donors (Lipinski definition) is 1. The number of nitrogens with one attached hydrogen (secondary N) is 1. The summed E-state index contributed by atoms with van der Waals surface area (Å²) in [5.41, 5.74) is 2.73. The molecule has 0 aromatic heterocycles. The van der Waals surface area contributed by atoms with E-state index in [9.17, 15) is 0 Å². The molecule has 0 spiro atoms. The minimum atomic E-state index is 0.441.